The first-order valence-electron chi connectivity index (χ1n) is 5.92. The lowest BCUT2D eigenvalue weighted by molar-refractivity contribution is 0.533. The third-order valence-corrected chi connectivity index (χ3v) is 3.91. The van der Waals surface area contributed by atoms with Crippen molar-refractivity contribution in [2.75, 3.05) is 5.32 Å². The number of halogens is 1. The van der Waals surface area contributed by atoms with Crippen molar-refractivity contribution in [3.8, 4) is 0 Å². The average Bonchev–Trinajstić information content (AvgIpc) is 2.84. The molecule has 0 amide bonds. The van der Waals surface area contributed by atoms with Crippen LogP contribution in [0.5, 0.6) is 0 Å². The molecule has 2 aromatic heterocycles. The molecule has 0 saturated carbocycles. The van der Waals surface area contributed by atoms with Crippen molar-refractivity contribution in [1.82, 2.24) is 9.97 Å². The van der Waals surface area contributed by atoms with E-state index in [1.54, 1.807) is 23.7 Å². The lowest BCUT2D eigenvalue weighted by Gasteiger charge is -2.19. The van der Waals surface area contributed by atoms with Crippen LogP contribution >= 0.6 is 27.3 Å². The van der Waals surface area contributed by atoms with E-state index in [4.69, 9.17) is 0 Å². The number of nitrogens with zero attached hydrogens (tertiary/aromatic N) is 2. The van der Waals surface area contributed by atoms with Crippen molar-refractivity contribution in [3.63, 3.8) is 0 Å². The van der Waals surface area contributed by atoms with Crippen LogP contribution in [0.25, 0.3) is 0 Å². The highest BCUT2D eigenvalue weighted by molar-refractivity contribution is 9.10. The number of rotatable bonds is 5. The van der Waals surface area contributed by atoms with Crippen LogP contribution in [0.15, 0.2) is 34.4 Å². The van der Waals surface area contributed by atoms with E-state index >= 15 is 0 Å². The van der Waals surface area contributed by atoms with E-state index in [2.05, 4.69) is 62.6 Å². The number of hydrogen-bond donors (Lipinski definition) is 1. The Morgan fingerprint density at radius 1 is 1.33 bits per heavy atom. The largest absolute Gasteiger partial charge is 0.347 e. The van der Waals surface area contributed by atoms with Gasteiger partial charge in [0.1, 0.15) is 0 Å². The molecule has 1 unspecified atom stereocenters. The first kappa shape index (κ1) is 13.5. The summed E-state index contributed by atoms with van der Waals surface area (Å²) >= 11 is 5.11. The maximum atomic E-state index is 4.27. The average molecular weight is 326 g/mol. The second kappa shape index (κ2) is 6.29. The van der Waals surface area contributed by atoms with E-state index < -0.39 is 0 Å². The SMILES string of the molecule is CC(C)CC(Nc1ncc(Br)cn1)c1cccs1. The van der Waals surface area contributed by atoms with Crippen LogP contribution in [0.4, 0.5) is 5.95 Å². The van der Waals surface area contributed by atoms with Crippen molar-refractivity contribution in [1.29, 1.82) is 0 Å². The first-order chi connectivity index (χ1) is 8.65. The molecule has 2 heterocycles. The molecule has 0 aliphatic carbocycles. The van der Waals surface area contributed by atoms with Crippen LogP contribution in [-0.2, 0) is 0 Å². The zero-order valence-electron chi connectivity index (χ0n) is 10.4. The third-order valence-electron chi connectivity index (χ3n) is 2.52. The van der Waals surface area contributed by atoms with Gasteiger partial charge in [0.05, 0.1) is 10.5 Å². The first-order valence-corrected chi connectivity index (χ1v) is 7.60. The van der Waals surface area contributed by atoms with Crippen molar-refractivity contribution in [2.45, 2.75) is 26.3 Å². The van der Waals surface area contributed by atoms with Crippen LogP contribution in [0.3, 0.4) is 0 Å². The number of thiophene rings is 1. The van der Waals surface area contributed by atoms with Gasteiger partial charge < -0.3 is 5.32 Å². The number of hydrogen-bond acceptors (Lipinski definition) is 4. The zero-order valence-corrected chi connectivity index (χ0v) is 12.8. The molecule has 0 spiro atoms. The van der Waals surface area contributed by atoms with Crippen molar-refractivity contribution < 1.29 is 0 Å². The Balaban J connectivity index is 2.12. The van der Waals surface area contributed by atoms with Gasteiger partial charge in [0.2, 0.25) is 5.95 Å². The molecule has 1 atom stereocenters. The minimum Gasteiger partial charge on any atom is -0.347 e. The van der Waals surface area contributed by atoms with Crippen LogP contribution in [0.1, 0.15) is 31.2 Å². The normalized spacial score (nSPS) is 12.7. The molecule has 0 aliphatic heterocycles. The summed E-state index contributed by atoms with van der Waals surface area (Å²) in [4.78, 5) is 9.87. The summed E-state index contributed by atoms with van der Waals surface area (Å²) in [6.07, 6.45) is 4.59. The summed E-state index contributed by atoms with van der Waals surface area (Å²) in [6.45, 7) is 4.45. The molecule has 2 aromatic rings. The maximum absolute atomic E-state index is 4.27. The van der Waals surface area contributed by atoms with E-state index in [0.717, 1.165) is 10.9 Å². The highest BCUT2D eigenvalue weighted by atomic mass is 79.9. The Kier molecular flexibility index (Phi) is 4.72. The standard InChI is InChI=1S/C13H16BrN3S/c1-9(2)6-11(12-4-3-5-18-12)17-13-15-7-10(14)8-16-13/h3-5,7-9,11H,6H2,1-2H3,(H,15,16,17). The second-order valence-electron chi connectivity index (χ2n) is 4.57. The molecule has 96 valence electrons. The predicted octanol–water partition coefficient (Wildman–Crippen LogP) is 4.50. The molecule has 18 heavy (non-hydrogen) atoms. The third kappa shape index (κ3) is 3.78. The lowest BCUT2D eigenvalue weighted by atomic mass is 10.0. The fourth-order valence-electron chi connectivity index (χ4n) is 1.75. The van der Waals surface area contributed by atoms with Gasteiger partial charge in [-0.1, -0.05) is 19.9 Å². The summed E-state index contributed by atoms with van der Waals surface area (Å²) in [7, 11) is 0. The van der Waals surface area contributed by atoms with Gasteiger partial charge >= 0.3 is 0 Å². The highest BCUT2D eigenvalue weighted by Gasteiger charge is 2.15. The summed E-state index contributed by atoms with van der Waals surface area (Å²) in [5.41, 5.74) is 0. The van der Waals surface area contributed by atoms with E-state index in [0.29, 0.717) is 11.9 Å². The second-order valence-corrected chi connectivity index (χ2v) is 6.46. The van der Waals surface area contributed by atoms with Gasteiger partial charge in [-0.05, 0) is 39.7 Å². The summed E-state index contributed by atoms with van der Waals surface area (Å²) in [6, 6.07) is 4.52. The van der Waals surface area contributed by atoms with Crippen LogP contribution in [0, 0.1) is 5.92 Å². The monoisotopic (exact) mass is 325 g/mol. The number of anilines is 1. The van der Waals surface area contributed by atoms with E-state index in [9.17, 15) is 0 Å². The van der Waals surface area contributed by atoms with Crippen LogP contribution in [-0.4, -0.2) is 9.97 Å². The Bertz CT molecular complexity index is 467. The van der Waals surface area contributed by atoms with Crippen LogP contribution < -0.4 is 5.32 Å². The molecule has 1 N–H and O–H groups in total. The number of aromatic nitrogens is 2. The minimum atomic E-state index is 0.283. The molecule has 0 fully saturated rings. The van der Waals surface area contributed by atoms with Gasteiger partial charge in [0, 0.05) is 17.3 Å². The Labute approximate surface area is 120 Å². The molecule has 0 saturated heterocycles. The van der Waals surface area contributed by atoms with Crippen LogP contribution in [0.2, 0.25) is 0 Å². The molecular formula is C13H16BrN3S. The molecule has 0 aliphatic rings. The fourth-order valence-corrected chi connectivity index (χ4v) is 2.75. The van der Waals surface area contributed by atoms with Crippen molar-refractivity contribution in [3.05, 3.63) is 39.3 Å². The van der Waals surface area contributed by atoms with Gasteiger partial charge in [0.25, 0.3) is 0 Å². The highest BCUT2D eigenvalue weighted by Crippen LogP contribution is 2.28. The zero-order chi connectivity index (χ0) is 13.0. The molecule has 0 aromatic carbocycles. The smallest absolute Gasteiger partial charge is 0.223 e. The molecule has 0 radical (unpaired) electrons. The van der Waals surface area contributed by atoms with Gasteiger partial charge in [-0.25, -0.2) is 9.97 Å². The van der Waals surface area contributed by atoms with Crippen molar-refractivity contribution in [2.24, 2.45) is 5.92 Å². The quantitative estimate of drug-likeness (QED) is 0.879. The summed E-state index contributed by atoms with van der Waals surface area (Å²) in [5.74, 6) is 1.30. The molecule has 5 heteroatoms. The van der Waals surface area contributed by atoms with E-state index in [1.165, 1.54) is 4.88 Å². The van der Waals surface area contributed by atoms with E-state index in [-0.39, 0.29) is 6.04 Å². The Morgan fingerprint density at radius 3 is 2.61 bits per heavy atom. The number of nitrogens with one attached hydrogen (secondary N) is 1. The lowest BCUT2D eigenvalue weighted by Crippen LogP contribution is -2.13. The van der Waals surface area contributed by atoms with Gasteiger partial charge in [-0.15, -0.1) is 11.3 Å². The van der Waals surface area contributed by atoms with Gasteiger partial charge in [-0.2, -0.15) is 0 Å². The topological polar surface area (TPSA) is 37.8 Å². The minimum absolute atomic E-state index is 0.283. The van der Waals surface area contributed by atoms with E-state index in [1.807, 2.05) is 0 Å². The Hall–Kier alpha value is -0.940. The molecule has 0 bridgehead atoms. The van der Waals surface area contributed by atoms with Gasteiger partial charge in [-0.3, -0.25) is 0 Å². The summed E-state index contributed by atoms with van der Waals surface area (Å²) in [5, 5.41) is 5.51. The summed E-state index contributed by atoms with van der Waals surface area (Å²) < 4.78 is 0.893. The van der Waals surface area contributed by atoms with Gasteiger partial charge in [0.15, 0.2) is 0 Å². The molecule has 2 rings (SSSR count). The van der Waals surface area contributed by atoms with Crippen molar-refractivity contribution >= 4 is 33.2 Å². The predicted molar refractivity (Wildman–Crippen MR) is 79.9 cm³/mol. The molecular weight excluding hydrogens is 310 g/mol. The Morgan fingerprint density at radius 2 is 2.06 bits per heavy atom. The maximum Gasteiger partial charge on any atom is 0.223 e. The molecule has 3 nitrogen and oxygen atoms in total. The fraction of sp³-hybridized carbons (Fsp3) is 0.385.